The number of rotatable bonds is 4. The number of benzene rings is 1. The van der Waals surface area contributed by atoms with Gasteiger partial charge in [0.1, 0.15) is 18.1 Å². The second-order valence-corrected chi connectivity index (χ2v) is 5.35. The molecule has 6 nitrogen and oxygen atoms in total. The minimum absolute atomic E-state index is 0.262. The minimum Gasteiger partial charge on any atom is -0.422 e. The van der Waals surface area contributed by atoms with Gasteiger partial charge in [-0.2, -0.15) is 5.26 Å². The lowest BCUT2D eigenvalue weighted by molar-refractivity contribution is 0.160. The molecule has 0 spiro atoms. The van der Waals surface area contributed by atoms with E-state index in [-0.39, 0.29) is 12.5 Å². The van der Waals surface area contributed by atoms with E-state index in [1.165, 1.54) is 5.56 Å². The summed E-state index contributed by atoms with van der Waals surface area (Å²) in [4.78, 5) is 4.48. The summed E-state index contributed by atoms with van der Waals surface area (Å²) >= 11 is 0. The number of nitriles is 1. The van der Waals surface area contributed by atoms with Crippen LogP contribution in [0.15, 0.2) is 40.1 Å². The monoisotopic (exact) mass is 310 g/mol. The number of fused-ring (bicyclic) bond motifs is 1. The molecule has 0 bridgehead atoms. The standard InChI is InChI=1S/C17H18N4O2/c1-3-10-4-6-11(7-5-10)14-12(8-18)16(19)21-17-15(14)20-13(23-17)9-22-2/h4-7,14,21H,3,9,19H2,1-2H3. The summed E-state index contributed by atoms with van der Waals surface area (Å²) in [5.41, 5.74) is 9.30. The average molecular weight is 310 g/mol. The molecule has 3 rings (SSSR count). The Bertz CT molecular complexity index is 784. The minimum atomic E-state index is -0.337. The van der Waals surface area contributed by atoms with Gasteiger partial charge in [0.05, 0.1) is 17.6 Å². The topological polar surface area (TPSA) is 97.1 Å². The summed E-state index contributed by atoms with van der Waals surface area (Å²) < 4.78 is 10.7. The van der Waals surface area contributed by atoms with Gasteiger partial charge in [-0.3, -0.25) is 0 Å². The Labute approximate surface area is 134 Å². The smallest absolute Gasteiger partial charge is 0.223 e. The molecule has 0 fully saturated rings. The molecule has 1 aliphatic rings. The molecule has 0 aliphatic carbocycles. The van der Waals surface area contributed by atoms with E-state index in [0.29, 0.717) is 28.9 Å². The van der Waals surface area contributed by atoms with E-state index in [1.807, 2.05) is 12.1 Å². The predicted octanol–water partition coefficient (Wildman–Crippen LogP) is 2.63. The van der Waals surface area contributed by atoms with Gasteiger partial charge in [-0.05, 0) is 17.5 Å². The molecule has 23 heavy (non-hydrogen) atoms. The fraction of sp³-hybridized carbons (Fsp3) is 0.294. The highest BCUT2D eigenvalue weighted by Gasteiger charge is 2.33. The van der Waals surface area contributed by atoms with Crippen molar-refractivity contribution >= 4 is 5.88 Å². The highest BCUT2D eigenvalue weighted by atomic mass is 16.5. The van der Waals surface area contributed by atoms with Crippen molar-refractivity contribution in [2.75, 3.05) is 12.4 Å². The van der Waals surface area contributed by atoms with Gasteiger partial charge >= 0.3 is 0 Å². The van der Waals surface area contributed by atoms with Gasteiger partial charge in [0.2, 0.25) is 11.8 Å². The zero-order chi connectivity index (χ0) is 16.4. The van der Waals surface area contributed by atoms with Gasteiger partial charge in [0.25, 0.3) is 0 Å². The number of hydrogen-bond donors (Lipinski definition) is 2. The summed E-state index contributed by atoms with van der Waals surface area (Å²) in [6.07, 6.45) is 0.961. The zero-order valence-electron chi connectivity index (χ0n) is 13.1. The molecule has 2 heterocycles. The number of allylic oxidation sites excluding steroid dienone is 1. The van der Waals surface area contributed by atoms with Crippen LogP contribution in [0.3, 0.4) is 0 Å². The van der Waals surface area contributed by atoms with E-state index < -0.39 is 0 Å². The number of oxazole rings is 1. The zero-order valence-corrected chi connectivity index (χ0v) is 13.1. The number of ether oxygens (including phenoxy) is 1. The van der Waals surface area contributed by atoms with Crippen molar-refractivity contribution in [2.45, 2.75) is 25.9 Å². The second-order valence-electron chi connectivity index (χ2n) is 5.35. The number of methoxy groups -OCH3 is 1. The first kappa shape index (κ1) is 15.1. The van der Waals surface area contributed by atoms with Crippen molar-refractivity contribution in [3.05, 3.63) is 58.4 Å². The molecule has 1 aromatic carbocycles. The normalized spacial score (nSPS) is 16.7. The van der Waals surface area contributed by atoms with E-state index in [2.05, 4.69) is 35.4 Å². The van der Waals surface area contributed by atoms with E-state index >= 15 is 0 Å². The van der Waals surface area contributed by atoms with Crippen LogP contribution in [0.2, 0.25) is 0 Å². The second kappa shape index (κ2) is 6.15. The first-order valence-corrected chi connectivity index (χ1v) is 7.42. The van der Waals surface area contributed by atoms with Crippen LogP contribution in [0.5, 0.6) is 0 Å². The number of anilines is 1. The lowest BCUT2D eigenvalue weighted by Crippen LogP contribution is -2.22. The van der Waals surface area contributed by atoms with E-state index in [0.717, 1.165) is 12.0 Å². The maximum absolute atomic E-state index is 9.52. The molecule has 0 radical (unpaired) electrons. The largest absolute Gasteiger partial charge is 0.422 e. The molecule has 1 atom stereocenters. The number of nitrogens with two attached hydrogens (primary N) is 1. The van der Waals surface area contributed by atoms with Crippen LogP contribution in [0.4, 0.5) is 5.88 Å². The van der Waals surface area contributed by atoms with Crippen LogP contribution in [-0.4, -0.2) is 12.1 Å². The van der Waals surface area contributed by atoms with Gasteiger partial charge in [-0.15, -0.1) is 0 Å². The van der Waals surface area contributed by atoms with Crippen molar-refractivity contribution in [1.82, 2.24) is 4.98 Å². The number of hydrogen-bond acceptors (Lipinski definition) is 6. The number of nitrogens with zero attached hydrogens (tertiary/aromatic N) is 2. The van der Waals surface area contributed by atoms with Gasteiger partial charge in [-0.25, -0.2) is 4.98 Å². The van der Waals surface area contributed by atoms with Crippen molar-refractivity contribution < 1.29 is 9.15 Å². The molecule has 2 aromatic rings. The summed E-state index contributed by atoms with van der Waals surface area (Å²) in [5.74, 6) is 0.881. The highest BCUT2D eigenvalue weighted by Crippen LogP contribution is 2.40. The number of aryl methyl sites for hydroxylation is 1. The summed E-state index contributed by atoms with van der Waals surface area (Å²) in [6, 6.07) is 10.3. The van der Waals surface area contributed by atoms with Crippen LogP contribution in [0.25, 0.3) is 0 Å². The predicted molar refractivity (Wildman–Crippen MR) is 85.3 cm³/mol. The molecule has 0 saturated carbocycles. The molecule has 3 N–H and O–H groups in total. The summed E-state index contributed by atoms with van der Waals surface area (Å²) in [7, 11) is 1.57. The van der Waals surface area contributed by atoms with Crippen LogP contribution in [0, 0.1) is 11.3 Å². The Hall–Kier alpha value is -2.78. The first-order valence-electron chi connectivity index (χ1n) is 7.42. The van der Waals surface area contributed by atoms with Crippen LogP contribution >= 0.6 is 0 Å². The number of aromatic nitrogens is 1. The van der Waals surface area contributed by atoms with Crippen LogP contribution in [-0.2, 0) is 17.8 Å². The maximum atomic E-state index is 9.52. The molecule has 6 heteroatoms. The Balaban J connectivity index is 2.09. The Morgan fingerprint density at radius 1 is 1.39 bits per heavy atom. The van der Waals surface area contributed by atoms with Crippen LogP contribution < -0.4 is 11.1 Å². The molecule has 118 valence electrons. The molecule has 1 aliphatic heterocycles. The van der Waals surface area contributed by atoms with Crippen molar-refractivity contribution in [1.29, 1.82) is 5.26 Å². The third-order valence-electron chi connectivity index (χ3n) is 3.91. The molecule has 1 aromatic heterocycles. The van der Waals surface area contributed by atoms with Crippen LogP contribution in [0.1, 0.15) is 35.6 Å². The van der Waals surface area contributed by atoms with E-state index in [1.54, 1.807) is 7.11 Å². The molecular formula is C17H18N4O2. The van der Waals surface area contributed by atoms with Gasteiger partial charge in [-0.1, -0.05) is 31.2 Å². The first-order chi connectivity index (χ1) is 11.2. The van der Waals surface area contributed by atoms with Crippen molar-refractivity contribution in [2.24, 2.45) is 5.73 Å². The fourth-order valence-electron chi connectivity index (χ4n) is 2.73. The highest BCUT2D eigenvalue weighted by molar-refractivity contribution is 5.61. The third kappa shape index (κ3) is 2.67. The van der Waals surface area contributed by atoms with Gasteiger partial charge in [0, 0.05) is 7.11 Å². The van der Waals surface area contributed by atoms with Crippen molar-refractivity contribution in [3.63, 3.8) is 0 Å². The van der Waals surface area contributed by atoms with E-state index in [9.17, 15) is 5.26 Å². The Morgan fingerprint density at radius 3 is 2.74 bits per heavy atom. The molecule has 1 unspecified atom stereocenters. The fourth-order valence-corrected chi connectivity index (χ4v) is 2.73. The van der Waals surface area contributed by atoms with Gasteiger partial charge < -0.3 is 20.2 Å². The average Bonchev–Trinajstić information content (AvgIpc) is 2.96. The van der Waals surface area contributed by atoms with Crippen molar-refractivity contribution in [3.8, 4) is 6.07 Å². The summed E-state index contributed by atoms with van der Waals surface area (Å²) in [6.45, 7) is 2.36. The maximum Gasteiger partial charge on any atom is 0.223 e. The SMILES string of the molecule is CCc1ccc(C2C(C#N)=C(N)Nc3oc(COC)nc32)cc1. The summed E-state index contributed by atoms with van der Waals surface area (Å²) in [5, 5.41) is 12.4. The lowest BCUT2D eigenvalue weighted by Gasteiger charge is -2.22. The lowest BCUT2D eigenvalue weighted by atomic mass is 9.86. The Kier molecular flexibility index (Phi) is 4.04. The Morgan fingerprint density at radius 2 is 2.13 bits per heavy atom. The van der Waals surface area contributed by atoms with E-state index in [4.69, 9.17) is 14.9 Å². The molecular weight excluding hydrogens is 292 g/mol. The third-order valence-corrected chi connectivity index (χ3v) is 3.91. The quantitative estimate of drug-likeness (QED) is 0.901. The molecule has 0 saturated heterocycles. The van der Waals surface area contributed by atoms with Gasteiger partial charge in [0.15, 0.2) is 0 Å². The number of nitrogens with one attached hydrogen (secondary N) is 1. The molecule has 0 amide bonds.